The van der Waals surface area contributed by atoms with E-state index < -0.39 is 0 Å². The molecule has 3 unspecified atom stereocenters. The van der Waals surface area contributed by atoms with Crippen LogP contribution in [0.4, 0.5) is 17.3 Å². The van der Waals surface area contributed by atoms with Gasteiger partial charge in [0.05, 0.1) is 6.61 Å². The van der Waals surface area contributed by atoms with Gasteiger partial charge < -0.3 is 20.6 Å². The molecule has 3 aliphatic rings. The average molecular weight is 437 g/mol. The van der Waals surface area contributed by atoms with Crippen LogP contribution in [0.5, 0.6) is 0 Å². The highest BCUT2D eigenvalue weighted by Crippen LogP contribution is 2.44. The van der Waals surface area contributed by atoms with Crippen LogP contribution in [-0.2, 0) is 0 Å². The maximum atomic E-state index is 12.7. The number of aromatic nitrogens is 2. The van der Waals surface area contributed by atoms with Crippen molar-refractivity contribution in [1.82, 2.24) is 20.2 Å². The highest BCUT2D eigenvalue weighted by Gasteiger charge is 2.40. The summed E-state index contributed by atoms with van der Waals surface area (Å²) in [5.41, 5.74) is 2.47. The van der Waals surface area contributed by atoms with Crippen LogP contribution in [0.2, 0.25) is 0 Å². The number of aliphatic hydroxyl groups is 1. The molecule has 1 aliphatic heterocycles. The number of carbonyl (C=O) groups is 1. The zero-order valence-electron chi connectivity index (χ0n) is 18.4. The molecule has 8 heteroatoms. The van der Waals surface area contributed by atoms with E-state index in [9.17, 15) is 4.79 Å². The minimum absolute atomic E-state index is 0.108. The zero-order valence-corrected chi connectivity index (χ0v) is 18.4. The molecule has 2 bridgehead atoms. The molecular weight excluding hydrogens is 404 g/mol. The maximum Gasteiger partial charge on any atom is 0.270 e. The van der Waals surface area contributed by atoms with Crippen molar-refractivity contribution in [2.75, 3.05) is 49.5 Å². The van der Waals surface area contributed by atoms with Crippen LogP contribution >= 0.6 is 0 Å². The summed E-state index contributed by atoms with van der Waals surface area (Å²) in [5, 5.41) is 15.5. The van der Waals surface area contributed by atoms with Crippen LogP contribution in [0.3, 0.4) is 0 Å². The van der Waals surface area contributed by atoms with E-state index in [0.717, 1.165) is 50.7 Å². The predicted octanol–water partition coefficient (Wildman–Crippen LogP) is 2.25. The Hall–Kier alpha value is -2.71. The number of amides is 1. The molecule has 1 saturated heterocycles. The highest BCUT2D eigenvalue weighted by atomic mass is 16.3. The SMILES string of the molecule is O=C(NC1CC2CCC1C2)c1ccnc(Nc2ccc(N3CCN(CCO)CC3)cc2)n1. The van der Waals surface area contributed by atoms with E-state index in [2.05, 4.69) is 42.5 Å². The first-order valence-electron chi connectivity index (χ1n) is 11.8. The molecule has 2 aliphatic carbocycles. The molecule has 0 spiro atoms. The first kappa shape index (κ1) is 21.2. The summed E-state index contributed by atoms with van der Waals surface area (Å²) in [7, 11) is 0. The van der Waals surface area contributed by atoms with Gasteiger partial charge in [-0.05, 0) is 61.4 Å². The first-order chi connectivity index (χ1) is 15.7. The van der Waals surface area contributed by atoms with Gasteiger partial charge >= 0.3 is 0 Å². The highest BCUT2D eigenvalue weighted by molar-refractivity contribution is 5.92. The van der Waals surface area contributed by atoms with Crippen molar-refractivity contribution in [1.29, 1.82) is 0 Å². The summed E-state index contributed by atoms with van der Waals surface area (Å²) in [5.74, 6) is 1.75. The summed E-state index contributed by atoms with van der Waals surface area (Å²) in [6.45, 7) is 4.80. The fourth-order valence-corrected chi connectivity index (χ4v) is 5.46. The van der Waals surface area contributed by atoms with Crippen LogP contribution in [0.1, 0.15) is 36.2 Å². The molecule has 1 amide bonds. The molecule has 170 valence electrons. The van der Waals surface area contributed by atoms with Crippen LogP contribution in [-0.4, -0.2) is 71.3 Å². The third-order valence-electron chi connectivity index (χ3n) is 7.22. The Morgan fingerprint density at radius 3 is 2.56 bits per heavy atom. The van der Waals surface area contributed by atoms with E-state index >= 15 is 0 Å². The summed E-state index contributed by atoms with van der Waals surface area (Å²) < 4.78 is 0. The number of piperazine rings is 1. The molecule has 3 N–H and O–H groups in total. The van der Waals surface area contributed by atoms with Crippen molar-refractivity contribution in [2.45, 2.75) is 31.7 Å². The molecule has 1 aromatic carbocycles. The smallest absolute Gasteiger partial charge is 0.270 e. The van der Waals surface area contributed by atoms with E-state index in [1.165, 1.54) is 24.9 Å². The number of aliphatic hydroxyl groups excluding tert-OH is 1. The Morgan fingerprint density at radius 2 is 1.88 bits per heavy atom. The minimum Gasteiger partial charge on any atom is -0.395 e. The number of hydrogen-bond donors (Lipinski definition) is 3. The number of nitrogens with one attached hydrogen (secondary N) is 2. The lowest BCUT2D eigenvalue weighted by Crippen LogP contribution is -2.47. The third-order valence-corrected chi connectivity index (χ3v) is 7.22. The molecular formula is C24H32N6O2. The second kappa shape index (κ2) is 9.42. The van der Waals surface area contributed by atoms with Gasteiger partial charge in [-0.15, -0.1) is 0 Å². The van der Waals surface area contributed by atoms with Crippen LogP contribution in [0, 0.1) is 11.8 Å². The van der Waals surface area contributed by atoms with Crippen molar-refractivity contribution in [2.24, 2.45) is 11.8 Å². The summed E-state index contributed by atoms with van der Waals surface area (Å²) in [6, 6.07) is 10.2. The fraction of sp³-hybridized carbons (Fsp3) is 0.542. The number of hydrogen-bond acceptors (Lipinski definition) is 7. The molecule has 8 nitrogen and oxygen atoms in total. The van der Waals surface area contributed by atoms with Crippen molar-refractivity contribution in [3.05, 3.63) is 42.2 Å². The minimum atomic E-state index is -0.108. The second-order valence-electron chi connectivity index (χ2n) is 9.24. The maximum absolute atomic E-state index is 12.7. The van der Waals surface area contributed by atoms with Gasteiger partial charge in [0, 0.05) is 56.3 Å². The molecule has 32 heavy (non-hydrogen) atoms. The van der Waals surface area contributed by atoms with Gasteiger partial charge in [0.1, 0.15) is 5.69 Å². The largest absolute Gasteiger partial charge is 0.395 e. The number of rotatable bonds is 7. The number of benzene rings is 1. The predicted molar refractivity (Wildman–Crippen MR) is 124 cm³/mol. The van der Waals surface area contributed by atoms with E-state index in [1.54, 1.807) is 12.3 Å². The Bertz CT molecular complexity index is 928. The molecule has 3 fully saturated rings. The van der Waals surface area contributed by atoms with Gasteiger partial charge in [0.25, 0.3) is 5.91 Å². The Labute approximate surface area is 189 Å². The fourth-order valence-electron chi connectivity index (χ4n) is 5.46. The number of β-amino-alcohol motifs (C(OH)–C–C–N with tert-alkyl or cyclic N) is 1. The lowest BCUT2D eigenvalue weighted by molar-refractivity contribution is 0.0918. The quantitative estimate of drug-likeness (QED) is 0.613. The Balaban J connectivity index is 1.17. The molecule has 1 aromatic heterocycles. The summed E-state index contributed by atoms with van der Waals surface area (Å²) in [4.78, 5) is 26.1. The van der Waals surface area contributed by atoms with Crippen molar-refractivity contribution >= 4 is 23.2 Å². The van der Waals surface area contributed by atoms with Gasteiger partial charge in [0.2, 0.25) is 5.95 Å². The van der Waals surface area contributed by atoms with Gasteiger partial charge in [-0.3, -0.25) is 9.69 Å². The molecule has 3 atom stereocenters. The normalized spacial score (nSPS) is 25.2. The lowest BCUT2D eigenvalue weighted by atomic mass is 9.95. The molecule has 2 saturated carbocycles. The second-order valence-corrected chi connectivity index (χ2v) is 9.24. The average Bonchev–Trinajstić information content (AvgIpc) is 3.44. The van der Waals surface area contributed by atoms with Crippen molar-refractivity contribution in [3.8, 4) is 0 Å². The molecule has 2 aromatic rings. The summed E-state index contributed by atoms with van der Waals surface area (Å²) in [6.07, 6.45) is 6.55. The first-order valence-corrected chi connectivity index (χ1v) is 11.8. The van der Waals surface area contributed by atoms with Gasteiger partial charge in [-0.25, -0.2) is 9.97 Å². The number of carbonyl (C=O) groups excluding carboxylic acids is 1. The van der Waals surface area contributed by atoms with Gasteiger partial charge in [-0.2, -0.15) is 0 Å². The van der Waals surface area contributed by atoms with Crippen LogP contribution in [0.15, 0.2) is 36.5 Å². The Kier molecular flexibility index (Phi) is 6.23. The van der Waals surface area contributed by atoms with Crippen LogP contribution < -0.4 is 15.5 Å². The van der Waals surface area contributed by atoms with Gasteiger partial charge in [0.15, 0.2) is 0 Å². The van der Waals surface area contributed by atoms with Crippen LogP contribution in [0.25, 0.3) is 0 Å². The van der Waals surface area contributed by atoms with E-state index in [0.29, 0.717) is 23.6 Å². The number of anilines is 3. The number of nitrogens with zero attached hydrogens (tertiary/aromatic N) is 4. The van der Waals surface area contributed by atoms with E-state index in [-0.39, 0.29) is 12.5 Å². The molecule has 5 rings (SSSR count). The third kappa shape index (κ3) is 4.71. The standard InChI is InChI=1S/C24H32N6O2/c31-14-13-29-9-11-30(12-10-29)20-5-3-19(4-6-20)26-24-25-8-7-21(28-24)23(32)27-22-16-17-1-2-18(22)15-17/h3-8,17-18,22,31H,1-2,9-16H2,(H,27,32)(H,25,26,28). The van der Waals surface area contributed by atoms with Crippen molar-refractivity contribution in [3.63, 3.8) is 0 Å². The van der Waals surface area contributed by atoms with Crippen molar-refractivity contribution < 1.29 is 9.90 Å². The topological polar surface area (TPSA) is 93.6 Å². The Morgan fingerprint density at radius 1 is 1.06 bits per heavy atom. The molecule has 2 heterocycles. The van der Waals surface area contributed by atoms with Gasteiger partial charge in [-0.1, -0.05) is 6.42 Å². The lowest BCUT2D eigenvalue weighted by Gasteiger charge is -2.35. The zero-order chi connectivity index (χ0) is 21.9. The van der Waals surface area contributed by atoms with E-state index in [4.69, 9.17) is 5.11 Å². The summed E-state index contributed by atoms with van der Waals surface area (Å²) >= 11 is 0. The number of fused-ring (bicyclic) bond motifs is 2. The van der Waals surface area contributed by atoms with E-state index in [1.807, 2.05) is 12.1 Å². The monoisotopic (exact) mass is 436 g/mol. The molecule has 0 radical (unpaired) electrons.